The summed E-state index contributed by atoms with van der Waals surface area (Å²) in [5.74, 6) is 2.76. The molecule has 3 aliphatic heterocycles. The molecule has 3 saturated heterocycles. The van der Waals surface area contributed by atoms with Crippen molar-refractivity contribution in [2.45, 2.75) is 43.7 Å². The molecule has 0 aromatic carbocycles. The van der Waals surface area contributed by atoms with Crippen LogP contribution in [-0.4, -0.2) is 72.7 Å². The quantitative estimate of drug-likeness (QED) is 0.788. The summed E-state index contributed by atoms with van der Waals surface area (Å²) in [6, 6.07) is 0.858. The van der Waals surface area contributed by atoms with Crippen LogP contribution in [-0.2, 0) is 0 Å². The number of thioether (sulfide) groups is 1. The van der Waals surface area contributed by atoms with Crippen molar-refractivity contribution in [2.24, 2.45) is 0 Å². The van der Waals surface area contributed by atoms with E-state index in [-0.39, 0.29) is 0 Å². The summed E-state index contributed by atoms with van der Waals surface area (Å²) in [4.78, 5) is 5.53. The molecule has 0 bridgehead atoms. The van der Waals surface area contributed by atoms with Gasteiger partial charge in [0.05, 0.1) is 0 Å². The van der Waals surface area contributed by atoms with Crippen LogP contribution in [0.3, 0.4) is 0 Å². The molecule has 3 fully saturated rings. The van der Waals surface area contributed by atoms with Crippen molar-refractivity contribution < 1.29 is 0 Å². The van der Waals surface area contributed by atoms with E-state index in [1.54, 1.807) is 0 Å². The first-order valence-electron chi connectivity index (χ1n) is 8.04. The van der Waals surface area contributed by atoms with Crippen LogP contribution < -0.4 is 5.32 Å². The molecule has 0 radical (unpaired) electrons. The highest BCUT2D eigenvalue weighted by Crippen LogP contribution is 2.32. The van der Waals surface area contributed by atoms with E-state index in [9.17, 15) is 0 Å². The van der Waals surface area contributed by atoms with Gasteiger partial charge in [0.1, 0.15) is 0 Å². The molecule has 3 heterocycles. The third-order valence-electron chi connectivity index (χ3n) is 5.43. The topological polar surface area (TPSA) is 18.5 Å². The monoisotopic (exact) mass is 283 g/mol. The highest BCUT2D eigenvalue weighted by atomic mass is 32.2. The molecular weight excluding hydrogens is 254 g/mol. The SMILES string of the molecule is CN1CCCN([C@@H]2CCCSC2)CC12CCNCC2. The van der Waals surface area contributed by atoms with Crippen LogP contribution in [0, 0.1) is 0 Å². The Labute approximate surface area is 122 Å². The predicted octanol–water partition coefficient (Wildman–Crippen LogP) is 1.64. The molecule has 0 aliphatic carbocycles. The van der Waals surface area contributed by atoms with Gasteiger partial charge < -0.3 is 5.32 Å². The summed E-state index contributed by atoms with van der Waals surface area (Å²) in [5.41, 5.74) is 0.462. The van der Waals surface area contributed by atoms with Crippen molar-refractivity contribution in [3.63, 3.8) is 0 Å². The Balaban J connectivity index is 1.71. The number of nitrogens with one attached hydrogen (secondary N) is 1. The molecule has 1 spiro atoms. The predicted molar refractivity (Wildman–Crippen MR) is 84.0 cm³/mol. The number of hydrogen-bond donors (Lipinski definition) is 1. The van der Waals surface area contributed by atoms with Gasteiger partial charge in [-0.1, -0.05) is 0 Å². The first kappa shape index (κ1) is 14.2. The van der Waals surface area contributed by atoms with Gasteiger partial charge in [-0.05, 0) is 71.1 Å². The van der Waals surface area contributed by atoms with E-state index in [0.717, 1.165) is 6.04 Å². The fourth-order valence-corrected chi connectivity index (χ4v) is 5.27. The van der Waals surface area contributed by atoms with E-state index in [0.29, 0.717) is 5.54 Å². The molecule has 1 atom stereocenters. The molecule has 0 aromatic rings. The number of nitrogens with zero attached hydrogens (tertiary/aromatic N) is 2. The Morgan fingerprint density at radius 3 is 2.74 bits per heavy atom. The van der Waals surface area contributed by atoms with Gasteiger partial charge in [0.25, 0.3) is 0 Å². The Morgan fingerprint density at radius 2 is 2.00 bits per heavy atom. The smallest absolute Gasteiger partial charge is 0.0357 e. The van der Waals surface area contributed by atoms with E-state index in [2.05, 4.69) is 33.9 Å². The molecule has 110 valence electrons. The summed E-state index contributed by atoms with van der Waals surface area (Å²) < 4.78 is 0. The van der Waals surface area contributed by atoms with Crippen molar-refractivity contribution in [1.29, 1.82) is 0 Å². The zero-order valence-electron chi connectivity index (χ0n) is 12.4. The van der Waals surface area contributed by atoms with Crippen LogP contribution >= 0.6 is 11.8 Å². The molecular formula is C15H29N3S. The van der Waals surface area contributed by atoms with E-state index in [1.165, 1.54) is 76.3 Å². The van der Waals surface area contributed by atoms with E-state index >= 15 is 0 Å². The first-order valence-corrected chi connectivity index (χ1v) is 9.19. The lowest BCUT2D eigenvalue weighted by Crippen LogP contribution is -2.58. The number of likely N-dealkylation sites (N-methyl/N-ethyl adjacent to an activating group) is 1. The second-order valence-electron chi connectivity index (χ2n) is 6.59. The van der Waals surface area contributed by atoms with Crippen LogP contribution in [0.25, 0.3) is 0 Å². The highest BCUT2D eigenvalue weighted by Gasteiger charge is 2.40. The zero-order valence-corrected chi connectivity index (χ0v) is 13.2. The molecule has 4 heteroatoms. The third kappa shape index (κ3) is 3.12. The molecule has 3 rings (SSSR count). The second kappa shape index (κ2) is 6.33. The minimum Gasteiger partial charge on any atom is -0.317 e. The van der Waals surface area contributed by atoms with Crippen LogP contribution in [0.5, 0.6) is 0 Å². The normalized spacial score (nSPS) is 34.3. The molecule has 1 N–H and O–H groups in total. The van der Waals surface area contributed by atoms with Crippen molar-refractivity contribution in [3.05, 3.63) is 0 Å². The summed E-state index contributed by atoms with van der Waals surface area (Å²) in [5, 5.41) is 3.54. The fourth-order valence-electron chi connectivity index (χ4n) is 4.08. The van der Waals surface area contributed by atoms with Crippen molar-refractivity contribution in [1.82, 2.24) is 15.1 Å². The standard InChI is InChI=1S/C15H29N3S/c1-17-9-3-10-18(14-4-2-11-19-12-14)13-15(17)5-7-16-8-6-15/h14,16H,2-13H2,1H3/t14-/m1/s1. The minimum atomic E-state index is 0.462. The zero-order chi connectivity index (χ0) is 13.1. The van der Waals surface area contributed by atoms with Crippen molar-refractivity contribution in [2.75, 3.05) is 51.3 Å². The number of rotatable bonds is 1. The lowest BCUT2D eigenvalue weighted by Gasteiger charge is -2.47. The van der Waals surface area contributed by atoms with E-state index < -0.39 is 0 Å². The summed E-state index contributed by atoms with van der Waals surface area (Å²) >= 11 is 2.17. The lowest BCUT2D eigenvalue weighted by atomic mass is 9.86. The highest BCUT2D eigenvalue weighted by molar-refractivity contribution is 7.99. The van der Waals surface area contributed by atoms with Gasteiger partial charge in [-0.15, -0.1) is 0 Å². The maximum Gasteiger partial charge on any atom is 0.0357 e. The van der Waals surface area contributed by atoms with Crippen molar-refractivity contribution in [3.8, 4) is 0 Å². The Kier molecular flexibility index (Phi) is 4.73. The van der Waals surface area contributed by atoms with Crippen molar-refractivity contribution >= 4 is 11.8 Å². The molecule has 0 unspecified atom stereocenters. The number of piperidine rings is 1. The summed E-state index contributed by atoms with van der Waals surface area (Å²) in [6.07, 6.45) is 6.88. The fraction of sp³-hybridized carbons (Fsp3) is 1.00. The van der Waals surface area contributed by atoms with Crippen LogP contribution in [0.4, 0.5) is 0 Å². The molecule has 3 nitrogen and oxygen atoms in total. The third-order valence-corrected chi connectivity index (χ3v) is 6.63. The average Bonchev–Trinajstić information content (AvgIpc) is 2.62. The molecule has 0 amide bonds. The van der Waals surface area contributed by atoms with Gasteiger partial charge in [-0.3, -0.25) is 9.80 Å². The van der Waals surface area contributed by atoms with Gasteiger partial charge in [-0.25, -0.2) is 0 Å². The summed E-state index contributed by atoms with van der Waals surface area (Å²) in [6.45, 7) is 6.34. The van der Waals surface area contributed by atoms with Gasteiger partial charge in [-0.2, -0.15) is 11.8 Å². The van der Waals surface area contributed by atoms with E-state index in [1.807, 2.05) is 0 Å². The first-order chi connectivity index (χ1) is 9.30. The summed E-state index contributed by atoms with van der Waals surface area (Å²) in [7, 11) is 2.37. The van der Waals surface area contributed by atoms with Crippen LogP contribution in [0.15, 0.2) is 0 Å². The number of hydrogen-bond acceptors (Lipinski definition) is 4. The maximum atomic E-state index is 3.54. The Hall–Kier alpha value is 0.230. The Bertz CT molecular complexity index is 285. The van der Waals surface area contributed by atoms with Gasteiger partial charge in [0.2, 0.25) is 0 Å². The average molecular weight is 283 g/mol. The lowest BCUT2D eigenvalue weighted by molar-refractivity contribution is 0.0539. The minimum absolute atomic E-state index is 0.462. The van der Waals surface area contributed by atoms with Crippen LogP contribution in [0.1, 0.15) is 32.1 Å². The van der Waals surface area contributed by atoms with Gasteiger partial charge in [0, 0.05) is 23.9 Å². The van der Waals surface area contributed by atoms with E-state index in [4.69, 9.17) is 0 Å². The molecule has 0 aromatic heterocycles. The maximum absolute atomic E-state index is 3.54. The largest absolute Gasteiger partial charge is 0.317 e. The molecule has 0 saturated carbocycles. The Morgan fingerprint density at radius 1 is 1.16 bits per heavy atom. The second-order valence-corrected chi connectivity index (χ2v) is 7.74. The molecule has 19 heavy (non-hydrogen) atoms. The van der Waals surface area contributed by atoms with Crippen LogP contribution in [0.2, 0.25) is 0 Å². The molecule has 3 aliphatic rings. The van der Waals surface area contributed by atoms with Gasteiger partial charge in [0.15, 0.2) is 0 Å². The van der Waals surface area contributed by atoms with Gasteiger partial charge >= 0.3 is 0 Å².